The first-order valence-corrected chi connectivity index (χ1v) is 9.95. The molecular formula is C17H26N6O3S. The molecule has 10 heteroatoms. The van der Waals surface area contributed by atoms with Crippen molar-refractivity contribution in [1.29, 1.82) is 0 Å². The van der Waals surface area contributed by atoms with E-state index in [2.05, 4.69) is 29.2 Å². The fourth-order valence-electron chi connectivity index (χ4n) is 2.85. The maximum absolute atomic E-state index is 11.6. The minimum Gasteiger partial charge on any atom is -0.378 e. The summed E-state index contributed by atoms with van der Waals surface area (Å²) >= 11 is 1.63. The van der Waals surface area contributed by atoms with Crippen molar-refractivity contribution in [2.45, 2.75) is 30.8 Å². The highest BCUT2D eigenvalue weighted by atomic mass is 32.2. The lowest BCUT2D eigenvalue weighted by molar-refractivity contribution is -0.124. The lowest BCUT2D eigenvalue weighted by Crippen LogP contribution is -2.37. The van der Waals surface area contributed by atoms with E-state index in [4.69, 9.17) is 19.4 Å². The fraction of sp³-hybridized carbons (Fsp3) is 0.647. The Balaban J connectivity index is 1.85. The number of rotatable bonds is 8. The fourth-order valence-corrected chi connectivity index (χ4v) is 3.55. The normalized spacial score (nSPS) is 14.9. The van der Waals surface area contributed by atoms with Crippen LogP contribution in [0.5, 0.6) is 0 Å². The summed E-state index contributed by atoms with van der Waals surface area (Å²) in [7, 11) is 1.50. The second-order valence-electron chi connectivity index (χ2n) is 6.48. The van der Waals surface area contributed by atoms with Gasteiger partial charge in [0.15, 0.2) is 10.8 Å². The van der Waals surface area contributed by atoms with Gasteiger partial charge in [0.25, 0.3) is 0 Å². The van der Waals surface area contributed by atoms with Gasteiger partial charge in [0, 0.05) is 32.0 Å². The number of morpholine rings is 1. The molecule has 148 valence electrons. The number of methoxy groups -OCH3 is 1. The third-order valence-electron chi connectivity index (χ3n) is 4.03. The molecule has 9 nitrogen and oxygen atoms in total. The van der Waals surface area contributed by atoms with E-state index in [0.717, 1.165) is 35.1 Å². The Morgan fingerprint density at radius 2 is 2.15 bits per heavy atom. The molecule has 2 aromatic rings. The first-order chi connectivity index (χ1) is 13.1. The Morgan fingerprint density at radius 1 is 1.37 bits per heavy atom. The molecule has 3 rings (SSSR count). The zero-order valence-corrected chi connectivity index (χ0v) is 16.8. The number of fused-ring (bicyclic) bond motifs is 1. The van der Waals surface area contributed by atoms with E-state index in [1.165, 1.54) is 7.11 Å². The van der Waals surface area contributed by atoms with Gasteiger partial charge in [-0.3, -0.25) is 4.79 Å². The molecule has 1 aliphatic heterocycles. The van der Waals surface area contributed by atoms with Gasteiger partial charge < -0.3 is 19.7 Å². The molecule has 1 amide bonds. The molecule has 1 N–H and O–H groups in total. The molecule has 0 spiro atoms. The Morgan fingerprint density at radius 3 is 2.85 bits per heavy atom. The number of carbonyl (C=O) groups excluding carboxylic acids is 1. The Kier molecular flexibility index (Phi) is 6.86. The maximum Gasteiger partial charge on any atom is 0.246 e. The van der Waals surface area contributed by atoms with Gasteiger partial charge in [-0.15, -0.1) is 0 Å². The van der Waals surface area contributed by atoms with Crippen molar-refractivity contribution in [1.82, 2.24) is 25.1 Å². The monoisotopic (exact) mass is 394 g/mol. The van der Waals surface area contributed by atoms with Crippen LogP contribution in [0.2, 0.25) is 0 Å². The van der Waals surface area contributed by atoms with Crippen molar-refractivity contribution in [3.63, 3.8) is 0 Å². The highest BCUT2D eigenvalue weighted by Gasteiger charge is 2.20. The van der Waals surface area contributed by atoms with Crippen molar-refractivity contribution in [2.75, 3.05) is 51.5 Å². The number of nitrogens with zero attached hydrogens (tertiary/aromatic N) is 5. The van der Waals surface area contributed by atoms with Gasteiger partial charge >= 0.3 is 0 Å². The number of thioether (sulfide) groups is 1. The molecule has 0 saturated carbocycles. The van der Waals surface area contributed by atoms with E-state index in [1.807, 2.05) is 4.68 Å². The largest absolute Gasteiger partial charge is 0.378 e. The van der Waals surface area contributed by atoms with Gasteiger partial charge in [0.05, 0.1) is 31.3 Å². The van der Waals surface area contributed by atoms with Gasteiger partial charge in [-0.1, -0.05) is 25.6 Å². The molecule has 1 saturated heterocycles. The number of anilines is 1. The molecule has 0 radical (unpaired) electrons. The SMILES string of the molecule is COCC(=O)NCCn1ncc2c(N3CCOCC3)nc(SC(C)C)nc21. The number of nitrogens with one attached hydrogen (secondary N) is 1. The van der Waals surface area contributed by atoms with Gasteiger partial charge in [-0.25, -0.2) is 14.6 Å². The van der Waals surface area contributed by atoms with E-state index < -0.39 is 0 Å². The van der Waals surface area contributed by atoms with Gasteiger partial charge in [0.2, 0.25) is 5.91 Å². The van der Waals surface area contributed by atoms with E-state index >= 15 is 0 Å². The van der Waals surface area contributed by atoms with E-state index in [-0.39, 0.29) is 12.5 Å². The van der Waals surface area contributed by atoms with E-state index in [0.29, 0.717) is 31.6 Å². The number of hydrogen-bond donors (Lipinski definition) is 1. The van der Waals surface area contributed by atoms with Crippen LogP contribution in [0.25, 0.3) is 11.0 Å². The second-order valence-corrected chi connectivity index (χ2v) is 8.03. The summed E-state index contributed by atoms with van der Waals surface area (Å²) in [5, 5.41) is 9.33. The zero-order valence-electron chi connectivity index (χ0n) is 16.0. The van der Waals surface area contributed by atoms with Crippen molar-refractivity contribution in [3.8, 4) is 0 Å². The summed E-state index contributed by atoms with van der Waals surface area (Å²) in [5.41, 5.74) is 0.788. The minimum atomic E-state index is -0.145. The van der Waals surface area contributed by atoms with Gasteiger partial charge in [-0.2, -0.15) is 5.10 Å². The summed E-state index contributed by atoms with van der Waals surface area (Å²) in [5.74, 6) is 0.759. The third-order valence-corrected chi connectivity index (χ3v) is 4.89. The summed E-state index contributed by atoms with van der Waals surface area (Å²) in [6.07, 6.45) is 1.81. The standard InChI is InChI=1S/C17H26N6O3S/c1-12(2)27-17-20-15(22-6-8-26-9-7-22)13-10-19-23(16(13)21-17)5-4-18-14(24)11-25-3/h10,12H,4-9,11H2,1-3H3,(H,18,24). The number of carbonyl (C=O) groups is 1. The van der Waals surface area contributed by atoms with E-state index in [1.54, 1.807) is 18.0 Å². The molecule has 0 unspecified atom stereocenters. The number of hydrogen-bond acceptors (Lipinski definition) is 8. The highest BCUT2D eigenvalue weighted by molar-refractivity contribution is 7.99. The lowest BCUT2D eigenvalue weighted by Gasteiger charge is -2.28. The molecule has 0 atom stereocenters. The topological polar surface area (TPSA) is 94.4 Å². The summed E-state index contributed by atoms with van der Waals surface area (Å²) in [6.45, 7) is 8.28. The van der Waals surface area contributed by atoms with Crippen LogP contribution >= 0.6 is 11.8 Å². The average Bonchev–Trinajstić information content (AvgIpc) is 3.04. The smallest absolute Gasteiger partial charge is 0.246 e. The summed E-state index contributed by atoms with van der Waals surface area (Å²) in [6, 6.07) is 0. The molecule has 1 aliphatic rings. The molecule has 2 aromatic heterocycles. The van der Waals surface area contributed by atoms with Crippen LogP contribution < -0.4 is 10.2 Å². The molecule has 27 heavy (non-hydrogen) atoms. The van der Waals surface area contributed by atoms with Crippen molar-refractivity contribution in [3.05, 3.63) is 6.20 Å². The molecule has 1 fully saturated rings. The first-order valence-electron chi connectivity index (χ1n) is 9.07. The van der Waals surface area contributed by atoms with Crippen LogP contribution in [0.3, 0.4) is 0 Å². The average molecular weight is 395 g/mol. The van der Waals surface area contributed by atoms with Gasteiger partial charge in [0.1, 0.15) is 12.4 Å². The van der Waals surface area contributed by atoms with Crippen LogP contribution in [0, 0.1) is 0 Å². The Labute approximate surface area is 162 Å². The van der Waals surface area contributed by atoms with Crippen LogP contribution in [0.4, 0.5) is 5.82 Å². The predicted octanol–water partition coefficient (Wildman–Crippen LogP) is 0.926. The first kappa shape index (κ1) is 19.8. The van der Waals surface area contributed by atoms with Crippen molar-refractivity contribution in [2.24, 2.45) is 0 Å². The second kappa shape index (κ2) is 9.34. The minimum absolute atomic E-state index is 0.0539. The summed E-state index contributed by atoms with van der Waals surface area (Å²) in [4.78, 5) is 23.3. The number of ether oxygens (including phenoxy) is 2. The highest BCUT2D eigenvalue weighted by Crippen LogP contribution is 2.29. The van der Waals surface area contributed by atoms with Crippen LogP contribution in [-0.2, 0) is 20.8 Å². The van der Waals surface area contributed by atoms with E-state index in [9.17, 15) is 4.79 Å². The maximum atomic E-state index is 11.6. The zero-order chi connectivity index (χ0) is 19.2. The number of amides is 1. The summed E-state index contributed by atoms with van der Waals surface area (Å²) < 4.78 is 12.1. The third kappa shape index (κ3) is 5.08. The molecule has 3 heterocycles. The lowest BCUT2D eigenvalue weighted by atomic mass is 10.3. The predicted molar refractivity (Wildman–Crippen MR) is 104 cm³/mol. The van der Waals surface area contributed by atoms with Crippen LogP contribution in [0.15, 0.2) is 11.4 Å². The van der Waals surface area contributed by atoms with Crippen LogP contribution in [0.1, 0.15) is 13.8 Å². The van der Waals surface area contributed by atoms with Crippen LogP contribution in [-0.4, -0.2) is 77.5 Å². The molecular weight excluding hydrogens is 368 g/mol. The Bertz CT molecular complexity index is 775. The van der Waals surface area contributed by atoms with Crippen molar-refractivity contribution < 1.29 is 14.3 Å². The quantitative estimate of drug-likeness (QED) is 0.522. The van der Waals surface area contributed by atoms with Crippen molar-refractivity contribution >= 4 is 34.5 Å². The van der Waals surface area contributed by atoms with Gasteiger partial charge in [-0.05, 0) is 0 Å². The molecule has 0 aliphatic carbocycles. The number of aromatic nitrogens is 4. The Hall–Kier alpha value is -1.91. The molecule has 0 aromatic carbocycles. The molecule has 0 bridgehead atoms.